The lowest BCUT2D eigenvalue weighted by Gasteiger charge is -2.44. The third-order valence-electron chi connectivity index (χ3n) is 5.16. The van der Waals surface area contributed by atoms with Crippen molar-refractivity contribution < 1.29 is 24.4 Å². The fraction of sp³-hybridized carbons (Fsp3) is 0.300. The van der Waals surface area contributed by atoms with Crippen molar-refractivity contribution in [3.63, 3.8) is 0 Å². The van der Waals surface area contributed by atoms with E-state index in [1.807, 2.05) is 0 Å². The number of fused-ring (bicyclic) bond motifs is 1. The third-order valence-corrected chi connectivity index (χ3v) is 6.15. The van der Waals surface area contributed by atoms with Crippen LogP contribution in [0.5, 0.6) is 0 Å². The largest absolute Gasteiger partial charge is 0.456 e. The van der Waals surface area contributed by atoms with Crippen molar-refractivity contribution in [1.82, 2.24) is 14.9 Å². The van der Waals surface area contributed by atoms with E-state index in [9.17, 15) is 24.8 Å². The molecular weight excluding hydrogens is 424 g/mol. The van der Waals surface area contributed by atoms with Crippen molar-refractivity contribution in [3.8, 4) is 0 Å². The van der Waals surface area contributed by atoms with Gasteiger partial charge in [-0.3, -0.25) is 14.9 Å². The van der Waals surface area contributed by atoms with Gasteiger partial charge in [0, 0.05) is 35.9 Å². The van der Waals surface area contributed by atoms with E-state index in [-0.39, 0.29) is 29.9 Å². The second-order valence-electron chi connectivity index (χ2n) is 7.15. The van der Waals surface area contributed by atoms with Crippen molar-refractivity contribution in [2.75, 3.05) is 0 Å². The smallest absolute Gasteiger partial charge is 0.356 e. The summed E-state index contributed by atoms with van der Waals surface area (Å²) in [5, 5.41) is 21.1. The first-order valence-electron chi connectivity index (χ1n) is 9.46. The Morgan fingerprint density at radius 1 is 1.35 bits per heavy atom. The van der Waals surface area contributed by atoms with Crippen LogP contribution in [0.4, 0.5) is 5.69 Å². The quantitative estimate of drug-likeness (QED) is 0.225. The van der Waals surface area contributed by atoms with Crippen molar-refractivity contribution in [2.45, 2.75) is 37.3 Å². The van der Waals surface area contributed by atoms with E-state index >= 15 is 0 Å². The van der Waals surface area contributed by atoms with Gasteiger partial charge in [-0.25, -0.2) is 14.8 Å². The Kier molecular flexibility index (Phi) is 5.70. The molecule has 4 rings (SSSR count). The molecule has 2 aromatic rings. The Bertz CT molecular complexity index is 1060. The van der Waals surface area contributed by atoms with Gasteiger partial charge in [0.1, 0.15) is 12.3 Å². The highest BCUT2D eigenvalue weighted by atomic mass is 32.2. The number of β-lactam (4-membered cyclic amide) rings is 1. The molecule has 3 heterocycles. The Labute approximate surface area is 181 Å². The topological polar surface area (TPSA) is 136 Å². The third kappa shape index (κ3) is 4.01. The number of carbonyl (C=O) groups excluding carboxylic acids is 2. The molecule has 0 bridgehead atoms. The van der Waals surface area contributed by atoms with Crippen LogP contribution in [0.1, 0.15) is 18.9 Å². The molecule has 10 nitrogen and oxygen atoms in total. The minimum atomic E-state index is -0.830. The van der Waals surface area contributed by atoms with Crippen LogP contribution in [0.25, 0.3) is 0 Å². The normalized spacial score (nSPS) is 20.8. The van der Waals surface area contributed by atoms with Crippen LogP contribution in [0.2, 0.25) is 0 Å². The summed E-state index contributed by atoms with van der Waals surface area (Å²) < 4.78 is 5.40. The van der Waals surface area contributed by atoms with E-state index in [1.165, 1.54) is 40.9 Å². The van der Waals surface area contributed by atoms with Crippen molar-refractivity contribution in [1.29, 1.82) is 0 Å². The number of benzene rings is 1. The van der Waals surface area contributed by atoms with E-state index in [4.69, 9.17) is 4.74 Å². The SMILES string of the molecule is C[C@@H](O)[C@H]1C(=O)N2C(C(=O)OCc3ccc([N+](=O)[O-])cc3)=C(Sc3ncccn3)C[C@H]12. The van der Waals surface area contributed by atoms with Crippen LogP contribution in [-0.2, 0) is 20.9 Å². The number of hydrogen-bond donors (Lipinski definition) is 1. The van der Waals surface area contributed by atoms with Crippen LogP contribution in [0.3, 0.4) is 0 Å². The van der Waals surface area contributed by atoms with Gasteiger partial charge < -0.3 is 14.7 Å². The molecule has 11 heteroatoms. The first-order valence-corrected chi connectivity index (χ1v) is 10.3. The molecule has 2 aliphatic heterocycles. The fourth-order valence-electron chi connectivity index (χ4n) is 3.69. The molecule has 1 amide bonds. The number of rotatable bonds is 7. The number of ether oxygens (including phenoxy) is 1. The van der Waals surface area contributed by atoms with E-state index < -0.39 is 22.9 Å². The van der Waals surface area contributed by atoms with Crippen LogP contribution in [-0.4, -0.2) is 48.9 Å². The lowest BCUT2D eigenvalue weighted by atomic mass is 9.83. The maximum Gasteiger partial charge on any atom is 0.356 e. The summed E-state index contributed by atoms with van der Waals surface area (Å²) in [4.78, 5) is 46.0. The van der Waals surface area contributed by atoms with Crippen LogP contribution in [0.15, 0.2) is 58.5 Å². The van der Waals surface area contributed by atoms with E-state index in [0.717, 1.165) is 0 Å². The summed E-state index contributed by atoms with van der Waals surface area (Å²) in [5.74, 6) is -1.59. The molecule has 31 heavy (non-hydrogen) atoms. The number of nitro benzene ring substituents is 1. The zero-order valence-corrected chi connectivity index (χ0v) is 17.2. The molecule has 0 saturated carbocycles. The van der Waals surface area contributed by atoms with Crippen LogP contribution in [0, 0.1) is 16.0 Å². The van der Waals surface area contributed by atoms with Crippen LogP contribution >= 0.6 is 11.8 Å². The average Bonchev–Trinajstić information content (AvgIpc) is 3.06. The molecule has 0 aliphatic carbocycles. The number of aromatic nitrogens is 2. The molecule has 1 aromatic carbocycles. The number of esters is 1. The first-order chi connectivity index (χ1) is 14.9. The molecule has 3 atom stereocenters. The Morgan fingerprint density at radius 3 is 2.65 bits per heavy atom. The van der Waals surface area contributed by atoms with Gasteiger partial charge in [0.15, 0.2) is 5.16 Å². The number of nitrogens with zero attached hydrogens (tertiary/aromatic N) is 4. The number of aliphatic hydroxyl groups is 1. The lowest BCUT2D eigenvalue weighted by Crippen LogP contribution is -2.61. The summed E-state index contributed by atoms with van der Waals surface area (Å²) in [6.07, 6.45) is 2.72. The van der Waals surface area contributed by atoms with Gasteiger partial charge >= 0.3 is 5.97 Å². The Hall–Kier alpha value is -3.31. The fourth-order valence-corrected chi connectivity index (χ4v) is 4.67. The van der Waals surface area contributed by atoms with Gasteiger partial charge in [-0.2, -0.15) is 0 Å². The molecule has 1 saturated heterocycles. The number of aliphatic hydroxyl groups excluding tert-OH is 1. The summed E-state index contributed by atoms with van der Waals surface area (Å²) in [5.41, 5.74) is 0.644. The minimum absolute atomic E-state index is 0.0618. The molecule has 0 spiro atoms. The highest BCUT2D eigenvalue weighted by Crippen LogP contribution is 2.48. The molecular formula is C20H18N4O6S. The number of hydrogen-bond acceptors (Lipinski definition) is 9. The predicted octanol–water partition coefficient (Wildman–Crippen LogP) is 2.04. The Morgan fingerprint density at radius 2 is 2.03 bits per heavy atom. The maximum absolute atomic E-state index is 12.9. The molecule has 1 N–H and O–H groups in total. The van der Waals surface area contributed by atoms with Crippen LogP contribution < -0.4 is 0 Å². The molecule has 160 valence electrons. The maximum atomic E-state index is 12.9. The Balaban J connectivity index is 1.54. The number of carbonyl (C=O) groups is 2. The highest BCUT2D eigenvalue weighted by molar-refractivity contribution is 8.03. The molecule has 0 radical (unpaired) electrons. The van der Waals surface area contributed by atoms with Crippen molar-refractivity contribution >= 4 is 29.3 Å². The number of nitro groups is 1. The first kappa shape index (κ1) is 20.9. The standard InChI is InChI=1S/C20H18N4O6S/c1-11(25)16-14-9-15(31-20-21-7-2-8-22-20)17(23(14)18(16)26)19(27)30-10-12-3-5-13(6-4-12)24(28)29/h2-8,11,14,16,25H,9-10H2,1H3/t11-,14-,16-/m1/s1. The monoisotopic (exact) mass is 442 g/mol. The lowest BCUT2D eigenvalue weighted by molar-refractivity contribution is -0.384. The summed E-state index contributed by atoms with van der Waals surface area (Å²) in [7, 11) is 0. The van der Waals surface area contributed by atoms with Gasteiger partial charge in [-0.1, -0.05) is 11.8 Å². The van der Waals surface area contributed by atoms with Crippen molar-refractivity contribution in [2.24, 2.45) is 5.92 Å². The molecule has 2 aliphatic rings. The average molecular weight is 442 g/mol. The number of amides is 1. The summed E-state index contributed by atoms with van der Waals surface area (Å²) in [6, 6.07) is 7.02. The molecule has 1 aromatic heterocycles. The minimum Gasteiger partial charge on any atom is -0.456 e. The number of non-ortho nitro benzene ring substituents is 1. The van der Waals surface area contributed by atoms with E-state index in [2.05, 4.69) is 9.97 Å². The van der Waals surface area contributed by atoms with E-state index in [1.54, 1.807) is 25.4 Å². The summed E-state index contributed by atoms with van der Waals surface area (Å²) >= 11 is 1.18. The second kappa shape index (κ2) is 8.44. The van der Waals surface area contributed by atoms with E-state index in [0.29, 0.717) is 22.0 Å². The number of thioether (sulfide) groups is 1. The van der Waals surface area contributed by atoms with Gasteiger partial charge in [0.05, 0.1) is 23.0 Å². The van der Waals surface area contributed by atoms with Gasteiger partial charge in [-0.15, -0.1) is 0 Å². The second-order valence-corrected chi connectivity index (χ2v) is 8.21. The summed E-state index contributed by atoms with van der Waals surface area (Å²) in [6.45, 7) is 1.45. The zero-order chi connectivity index (χ0) is 22.1. The highest BCUT2D eigenvalue weighted by Gasteiger charge is 2.57. The molecule has 0 unspecified atom stereocenters. The zero-order valence-electron chi connectivity index (χ0n) is 16.4. The van der Waals surface area contributed by atoms with Gasteiger partial charge in [-0.05, 0) is 30.7 Å². The molecule has 1 fully saturated rings. The van der Waals surface area contributed by atoms with Crippen molar-refractivity contribution in [3.05, 3.63) is 69.0 Å². The predicted molar refractivity (Wildman–Crippen MR) is 108 cm³/mol. The van der Waals surface area contributed by atoms with Gasteiger partial charge in [0.2, 0.25) is 5.91 Å². The van der Waals surface area contributed by atoms with Gasteiger partial charge in [0.25, 0.3) is 5.69 Å².